The largest absolute Gasteiger partial charge is 0.326 e. The van der Waals surface area contributed by atoms with Gasteiger partial charge in [0.15, 0.2) is 0 Å². The molecule has 0 atom stereocenters. The number of hydrogen-bond acceptors (Lipinski definition) is 2. The van der Waals surface area contributed by atoms with E-state index in [1.54, 1.807) is 0 Å². The maximum atomic E-state index is 11.8. The van der Waals surface area contributed by atoms with Crippen molar-refractivity contribution in [2.45, 2.75) is 32.1 Å². The summed E-state index contributed by atoms with van der Waals surface area (Å²) in [6.07, 6.45) is 15.3. The Bertz CT molecular complexity index is 494. The summed E-state index contributed by atoms with van der Waals surface area (Å²) in [5, 5.41) is 2.89. The first-order chi connectivity index (χ1) is 10.8. The van der Waals surface area contributed by atoms with E-state index in [1.165, 1.54) is 0 Å². The maximum Gasteiger partial charge on any atom is 0.224 e. The van der Waals surface area contributed by atoms with Crippen molar-refractivity contribution < 1.29 is 4.79 Å². The first kappa shape index (κ1) is 17.8. The van der Waals surface area contributed by atoms with Crippen molar-refractivity contribution in [1.82, 2.24) is 4.90 Å². The molecule has 1 aromatic carbocycles. The van der Waals surface area contributed by atoms with Crippen molar-refractivity contribution in [3.05, 3.63) is 30.3 Å². The van der Waals surface area contributed by atoms with Crippen LogP contribution in [0, 0.1) is 24.7 Å². The van der Waals surface area contributed by atoms with Gasteiger partial charge in [0.1, 0.15) is 0 Å². The standard InChI is InChI=1S/C19H24N2O/c1-3-15-21(16-4-2)17-11-6-5-10-14-19(22)20-18-12-8-7-9-13-18/h1-2,7-9,12-13H,5-6,10-11,14-17H2,(H,20,22). The number of amides is 1. The van der Waals surface area contributed by atoms with Gasteiger partial charge in [-0.15, -0.1) is 12.8 Å². The minimum Gasteiger partial charge on any atom is -0.326 e. The molecular weight excluding hydrogens is 272 g/mol. The summed E-state index contributed by atoms with van der Waals surface area (Å²) in [6, 6.07) is 9.54. The second-order valence-corrected chi connectivity index (χ2v) is 5.20. The quantitative estimate of drug-likeness (QED) is 0.531. The van der Waals surface area contributed by atoms with E-state index in [2.05, 4.69) is 22.1 Å². The fourth-order valence-corrected chi connectivity index (χ4v) is 2.19. The molecule has 116 valence electrons. The van der Waals surface area contributed by atoms with E-state index in [-0.39, 0.29) is 5.91 Å². The Kier molecular flexibility index (Phi) is 9.26. The predicted molar refractivity (Wildman–Crippen MR) is 92.3 cm³/mol. The average Bonchev–Trinajstić information content (AvgIpc) is 2.52. The first-order valence-corrected chi connectivity index (χ1v) is 7.70. The van der Waals surface area contributed by atoms with Crippen LogP contribution in [-0.4, -0.2) is 30.4 Å². The molecule has 22 heavy (non-hydrogen) atoms. The number of nitrogens with zero attached hydrogens (tertiary/aromatic N) is 1. The van der Waals surface area contributed by atoms with Gasteiger partial charge < -0.3 is 5.32 Å². The summed E-state index contributed by atoms with van der Waals surface area (Å²) in [5.74, 6) is 5.32. The summed E-state index contributed by atoms with van der Waals surface area (Å²) >= 11 is 0. The van der Waals surface area contributed by atoms with Crippen molar-refractivity contribution >= 4 is 11.6 Å². The highest BCUT2D eigenvalue weighted by Crippen LogP contribution is 2.08. The summed E-state index contributed by atoms with van der Waals surface area (Å²) in [4.78, 5) is 13.8. The van der Waals surface area contributed by atoms with E-state index < -0.39 is 0 Å². The van der Waals surface area contributed by atoms with Crippen LogP contribution in [-0.2, 0) is 4.79 Å². The van der Waals surface area contributed by atoms with Gasteiger partial charge in [-0.3, -0.25) is 9.69 Å². The van der Waals surface area contributed by atoms with Crippen LogP contribution < -0.4 is 5.32 Å². The van der Waals surface area contributed by atoms with Gasteiger partial charge in [0, 0.05) is 18.7 Å². The normalized spacial score (nSPS) is 9.95. The zero-order chi connectivity index (χ0) is 16.0. The molecule has 3 nitrogen and oxygen atoms in total. The van der Waals surface area contributed by atoms with Crippen LogP contribution in [0.2, 0.25) is 0 Å². The van der Waals surface area contributed by atoms with Crippen molar-refractivity contribution in [3.8, 4) is 24.7 Å². The molecule has 0 spiro atoms. The number of benzene rings is 1. The zero-order valence-electron chi connectivity index (χ0n) is 13.1. The average molecular weight is 296 g/mol. The number of rotatable bonds is 10. The third kappa shape index (κ3) is 8.15. The van der Waals surface area contributed by atoms with Gasteiger partial charge in [-0.05, 0) is 25.0 Å². The number of anilines is 1. The van der Waals surface area contributed by atoms with Crippen LogP contribution >= 0.6 is 0 Å². The van der Waals surface area contributed by atoms with Crippen LogP contribution in [0.3, 0.4) is 0 Å². The number of hydrogen-bond donors (Lipinski definition) is 1. The zero-order valence-corrected chi connectivity index (χ0v) is 13.1. The van der Waals surface area contributed by atoms with E-state index in [0.29, 0.717) is 19.5 Å². The smallest absolute Gasteiger partial charge is 0.224 e. The minimum atomic E-state index is 0.0764. The Balaban J connectivity index is 2.06. The number of carbonyl (C=O) groups excluding carboxylic acids is 1. The topological polar surface area (TPSA) is 32.3 Å². The molecular formula is C19H24N2O. The lowest BCUT2D eigenvalue weighted by atomic mass is 10.1. The Morgan fingerprint density at radius 3 is 2.27 bits per heavy atom. The number of terminal acetylenes is 2. The van der Waals surface area contributed by atoms with Gasteiger partial charge in [0.2, 0.25) is 5.91 Å². The van der Waals surface area contributed by atoms with Gasteiger partial charge in [0.05, 0.1) is 13.1 Å². The second-order valence-electron chi connectivity index (χ2n) is 5.20. The summed E-state index contributed by atoms with van der Waals surface area (Å²) in [6.45, 7) is 2.12. The van der Waals surface area contributed by atoms with E-state index in [0.717, 1.165) is 37.9 Å². The molecule has 0 unspecified atom stereocenters. The minimum absolute atomic E-state index is 0.0764. The van der Waals surface area contributed by atoms with Crippen LogP contribution in [0.4, 0.5) is 5.69 Å². The van der Waals surface area contributed by atoms with Gasteiger partial charge >= 0.3 is 0 Å². The Hall–Kier alpha value is -2.23. The summed E-state index contributed by atoms with van der Waals surface area (Å²) in [7, 11) is 0. The molecule has 0 aliphatic carbocycles. The van der Waals surface area contributed by atoms with Crippen molar-refractivity contribution in [1.29, 1.82) is 0 Å². The molecule has 0 aliphatic rings. The van der Waals surface area contributed by atoms with Crippen molar-refractivity contribution in [3.63, 3.8) is 0 Å². The highest BCUT2D eigenvalue weighted by molar-refractivity contribution is 5.90. The monoisotopic (exact) mass is 296 g/mol. The highest BCUT2D eigenvalue weighted by Gasteiger charge is 2.03. The van der Waals surface area contributed by atoms with E-state index >= 15 is 0 Å². The van der Waals surface area contributed by atoms with Gasteiger partial charge in [-0.1, -0.05) is 42.9 Å². The number of para-hydroxylation sites is 1. The lowest BCUT2D eigenvalue weighted by Crippen LogP contribution is -2.25. The highest BCUT2D eigenvalue weighted by atomic mass is 16.1. The molecule has 3 heteroatoms. The Morgan fingerprint density at radius 1 is 1.00 bits per heavy atom. The lowest BCUT2D eigenvalue weighted by molar-refractivity contribution is -0.116. The molecule has 0 aliphatic heterocycles. The third-order valence-electron chi connectivity index (χ3n) is 3.32. The lowest BCUT2D eigenvalue weighted by Gasteiger charge is -2.16. The fourth-order valence-electron chi connectivity index (χ4n) is 2.19. The van der Waals surface area contributed by atoms with Crippen LogP contribution in [0.15, 0.2) is 30.3 Å². The summed E-state index contributed by atoms with van der Waals surface area (Å²) < 4.78 is 0. The van der Waals surface area contributed by atoms with Gasteiger partial charge in [-0.2, -0.15) is 0 Å². The molecule has 1 amide bonds. The van der Waals surface area contributed by atoms with Crippen molar-refractivity contribution in [2.24, 2.45) is 0 Å². The van der Waals surface area contributed by atoms with Gasteiger partial charge in [-0.25, -0.2) is 0 Å². The molecule has 1 aromatic rings. The Labute approximate surface area is 134 Å². The second kappa shape index (κ2) is 11.4. The molecule has 0 bridgehead atoms. The SMILES string of the molecule is C#CCN(CC#C)CCCCCCC(=O)Nc1ccccc1. The first-order valence-electron chi connectivity index (χ1n) is 7.70. The molecule has 0 heterocycles. The van der Waals surface area contributed by atoms with E-state index in [1.807, 2.05) is 30.3 Å². The molecule has 0 saturated heterocycles. The third-order valence-corrected chi connectivity index (χ3v) is 3.32. The molecule has 0 aromatic heterocycles. The molecule has 0 radical (unpaired) electrons. The van der Waals surface area contributed by atoms with Crippen LogP contribution in [0.1, 0.15) is 32.1 Å². The van der Waals surface area contributed by atoms with Crippen LogP contribution in [0.5, 0.6) is 0 Å². The predicted octanol–water partition coefficient (Wildman–Crippen LogP) is 3.14. The fraction of sp³-hybridized carbons (Fsp3) is 0.421. The molecule has 1 rings (SSSR count). The number of nitrogens with one attached hydrogen (secondary N) is 1. The molecule has 0 saturated carbocycles. The molecule has 1 N–H and O–H groups in total. The maximum absolute atomic E-state index is 11.8. The Morgan fingerprint density at radius 2 is 1.64 bits per heavy atom. The molecule has 0 fully saturated rings. The van der Waals surface area contributed by atoms with E-state index in [9.17, 15) is 4.79 Å². The van der Waals surface area contributed by atoms with E-state index in [4.69, 9.17) is 12.8 Å². The van der Waals surface area contributed by atoms with Crippen molar-refractivity contribution in [2.75, 3.05) is 25.0 Å². The number of carbonyl (C=O) groups is 1. The summed E-state index contributed by atoms with van der Waals surface area (Å²) in [5.41, 5.74) is 0.853. The number of unbranched alkanes of at least 4 members (excludes halogenated alkanes) is 3. The van der Waals surface area contributed by atoms with Gasteiger partial charge in [0.25, 0.3) is 0 Å². The van der Waals surface area contributed by atoms with Crippen LogP contribution in [0.25, 0.3) is 0 Å².